The number of nitro groups is 3. The van der Waals surface area contributed by atoms with Gasteiger partial charge in [0, 0.05) is 51.6 Å². The molecule has 3 rings (SSSR count). The average Bonchev–Trinajstić information content (AvgIpc) is 3.30. The van der Waals surface area contributed by atoms with E-state index in [-0.39, 0.29) is 49.1 Å². The highest BCUT2D eigenvalue weighted by atomic mass is 31.2. The van der Waals surface area contributed by atoms with Crippen molar-refractivity contribution in [2.75, 3.05) is 0 Å². The van der Waals surface area contributed by atoms with Crippen LogP contribution in [0.15, 0.2) is 36.4 Å². The summed E-state index contributed by atoms with van der Waals surface area (Å²) in [6.45, 7) is 12.7. The Hall–Kier alpha value is -4.51. The molecule has 0 N–H and O–H groups in total. The molecule has 0 unspecified atom stereocenters. The molecule has 0 aromatic heterocycles. The van der Waals surface area contributed by atoms with E-state index >= 15 is 4.57 Å². The second-order valence-corrected chi connectivity index (χ2v) is 19.9. The molecule has 14 heteroatoms. The smallest absolute Gasteiger partial charge is 0.386 e. The SMILES string of the molecule is CCCCCCc1c(OP(=O)(Oc2ccc([N+](=O)[O-])c(CCCCCC)c2CCCCCC)Oc2ccc([N+](=O)[O-])c(CCCCCC)c2CCCCCC)ccc([N+](=O)[O-])c1CCCCCC. The molecule has 0 amide bonds. The Morgan fingerprint density at radius 1 is 0.338 bits per heavy atom. The van der Waals surface area contributed by atoms with E-state index in [4.69, 9.17) is 13.6 Å². The van der Waals surface area contributed by atoms with Gasteiger partial charge in [0.15, 0.2) is 0 Å². The summed E-state index contributed by atoms with van der Waals surface area (Å²) in [5.74, 6) is 0.454. The van der Waals surface area contributed by atoms with Gasteiger partial charge in [-0.1, -0.05) is 157 Å². The van der Waals surface area contributed by atoms with Crippen LogP contribution in [0.5, 0.6) is 17.2 Å². The summed E-state index contributed by atoms with van der Waals surface area (Å²) in [7, 11) is -4.90. The molecule has 0 saturated heterocycles. The number of benzene rings is 3. The van der Waals surface area contributed by atoms with Crippen molar-refractivity contribution in [3.63, 3.8) is 0 Å². The van der Waals surface area contributed by atoms with Crippen LogP contribution in [-0.2, 0) is 43.1 Å². The molecule has 0 spiro atoms. The Kier molecular flexibility index (Phi) is 27.5. The molecule has 0 saturated carbocycles. The number of hydrogen-bond acceptors (Lipinski definition) is 10. The minimum Gasteiger partial charge on any atom is -0.386 e. The van der Waals surface area contributed by atoms with Gasteiger partial charge in [0.25, 0.3) is 17.1 Å². The zero-order chi connectivity index (χ0) is 49.7. The van der Waals surface area contributed by atoms with E-state index in [2.05, 4.69) is 41.5 Å². The summed E-state index contributed by atoms with van der Waals surface area (Å²) in [4.78, 5) is 36.8. The van der Waals surface area contributed by atoms with Crippen LogP contribution in [0.4, 0.5) is 17.1 Å². The number of rotatable bonds is 39. The molecule has 0 fully saturated rings. The summed E-state index contributed by atoms with van der Waals surface area (Å²) >= 11 is 0. The van der Waals surface area contributed by atoms with Crippen LogP contribution in [-0.4, -0.2) is 14.8 Å². The van der Waals surface area contributed by atoms with Crippen molar-refractivity contribution in [1.82, 2.24) is 0 Å². The highest BCUT2D eigenvalue weighted by Crippen LogP contribution is 2.54. The van der Waals surface area contributed by atoms with Gasteiger partial charge in [-0.05, 0) is 95.2 Å². The maximum atomic E-state index is 16.1. The Bertz CT molecular complexity index is 1830. The summed E-state index contributed by atoms with van der Waals surface area (Å²) < 4.78 is 36.2. The lowest BCUT2D eigenvalue weighted by Crippen LogP contribution is -2.14. The van der Waals surface area contributed by atoms with Gasteiger partial charge in [-0.25, -0.2) is 0 Å². The summed E-state index contributed by atoms with van der Waals surface area (Å²) in [6, 6.07) is 8.69. The van der Waals surface area contributed by atoms with E-state index in [1.807, 2.05) is 0 Å². The van der Waals surface area contributed by atoms with E-state index < -0.39 is 7.82 Å². The van der Waals surface area contributed by atoms with Crippen LogP contribution in [0.25, 0.3) is 0 Å². The first-order valence-electron chi connectivity index (χ1n) is 26.5. The third-order valence-corrected chi connectivity index (χ3v) is 14.3. The number of nitro benzene ring substituents is 3. The molecule has 0 aliphatic rings. The van der Waals surface area contributed by atoms with Gasteiger partial charge in [-0.15, -0.1) is 0 Å². The summed E-state index contributed by atoms with van der Waals surface area (Å²) in [5, 5.41) is 37.9. The van der Waals surface area contributed by atoms with Gasteiger partial charge < -0.3 is 13.6 Å². The highest BCUT2D eigenvalue weighted by Gasteiger charge is 2.39. The van der Waals surface area contributed by atoms with Gasteiger partial charge in [-0.3, -0.25) is 30.3 Å². The molecule has 3 aromatic rings. The van der Waals surface area contributed by atoms with Crippen molar-refractivity contribution in [1.29, 1.82) is 0 Å². The molecule has 0 heterocycles. The van der Waals surface area contributed by atoms with Crippen molar-refractivity contribution in [2.45, 2.75) is 234 Å². The van der Waals surface area contributed by atoms with E-state index in [0.717, 1.165) is 154 Å². The number of phosphoric acid groups is 1. The molecule has 3 aromatic carbocycles. The maximum Gasteiger partial charge on any atom is 0.647 e. The Morgan fingerprint density at radius 3 is 0.735 bits per heavy atom. The molecule has 380 valence electrons. The van der Waals surface area contributed by atoms with Crippen molar-refractivity contribution >= 4 is 24.9 Å². The molecule has 13 nitrogen and oxygen atoms in total. The van der Waals surface area contributed by atoms with Crippen LogP contribution in [0.2, 0.25) is 0 Å². The summed E-state index contributed by atoms with van der Waals surface area (Å²) in [5.41, 5.74) is 3.29. The molecule has 0 aliphatic carbocycles. The fourth-order valence-corrected chi connectivity index (χ4v) is 10.5. The Labute approximate surface area is 408 Å². The minimum atomic E-state index is -4.90. The fourth-order valence-electron chi connectivity index (χ4n) is 9.19. The van der Waals surface area contributed by atoms with Crippen molar-refractivity contribution in [2.24, 2.45) is 0 Å². The maximum absolute atomic E-state index is 16.1. The van der Waals surface area contributed by atoms with Gasteiger partial charge in [0.1, 0.15) is 17.2 Å². The first kappa shape index (κ1) is 57.8. The zero-order valence-corrected chi connectivity index (χ0v) is 43.4. The third kappa shape index (κ3) is 18.8. The average molecular weight is 966 g/mol. The van der Waals surface area contributed by atoms with E-state index in [0.29, 0.717) is 71.9 Å². The summed E-state index contributed by atoms with van der Waals surface area (Å²) in [6.07, 6.45) is 24.1. The lowest BCUT2D eigenvalue weighted by atomic mass is 9.94. The van der Waals surface area contributed by atoms with Crippen LogP contribution in [0, 0.1) is 30.3 Å². The molecule has 0 radical (unpaired) electrons. The van der Waals surface area contributed by atoms with Crippen LogP contribution >= 0.6 is 7.82 Å². The second-order valence-electron chi connectivity index (χ2n) is 18.5. The molecule has 0 bridgehead atoms. The van der Waals surface area contributed by atoms with E-state index in [1.54, 1.807) is 0 Å². The van der Waals surface area contributed by atoms with Crippen LogP contribution in [0.1, 0.15) is 229 Å². The topological polar surface area (TPSA) is 174 Å². The quantitative estimate of drug-likeness (QED) is 0.0232. The van der Waals surface area contributed by atoms with Crippen molar-refractivity contribution in [3.05, 3.63) is 100 Å². The van der Waals surface area contributed by atoms with Crippen LogP contribution < -0.4 is 13.6 Å². The van der Waals surface area contributed by atoms with Gasteiger partial charge in [-0.2, -0.15) is 4.57 Å². The molecule has 0 atom stereocenters. The Balaban J connectivity index is 2.43. The number of hydrogen-bond donors (Lipinski definition) is 0. The predicted octanol–water partition coefficient (Wildman–Crippen LogP) is 17.8. The first-order chi connectivity index (χ1) is 32.9. The first-order valence-corrected chi connectivity index (χ1v) is 27.9. The van der Waals surface area contributed by atoms with E-state index in [1.165, 1.54) is 36.4 Å². The van der Waals surface area contributed by atoms with Crippen molar-refractivity contribution < 1.29 is 32.9 Å². The van der Waals surface area contributed by atoms with Gasteiger partial charge >= 0.3 is 7.82 Å². The predicted molar refractivity (Wildman–Crippen MR) is 276 cm³/mol. The van der Waals surface area contributed by atoms with Crippen molar-refractivity contribution in [3.8, 4) is 17.2 Å². The second kappa shape index (κ2) is 32.3. The molecular weight excluding hydrogens is 882 g/mol. The third-order valence-electron chi connectivity index (χ3n) is 13.0. The van der Waals surface area contributed by atoms with Crippen LogP contribution in [0.3, 0.4) is 0 Å². The lowest BCUT2D eigenvalue weighted by Gasteiger charge is -2.25. The number of nitrogens with zero attached hydrogens (tertiary/aromatic N) is 3. The molecule has 0 aliphatic heterocycles. The zero-order valence-electron chi connectivity index (χ0n) is 42.5. The molecule has 68 heavy (non-hydrogen) atoms. The normalized spacial score (nSPS) is 11.5. The van der Waals surface area contributed by atoms with Gasteiger partial charge in [0.05, 0.1) is 14.8 Å². The van der Waals surface area contributed by atoms with E-state index in [9.17, 15) is 30.3 Å². The number of phosphoric ester groups is 1. The number of unbranched alkanes of at least 4 members (excludes halogenated alkanes) is 18. The fraction of sp³-hybridized carbons (Fsp3) is 0.667. The largest absolute Gasteiger partial charge is 0.647 e. The standard InChI is InChI=1S/C54H84N3O10P/c1-7-13-19-25-31-43-46(34-28-22-16-10-4)52(40-37-49(43)55(58)59)65-68(64,66-53-41-38-50(56(60)61)44(32-26-20-14-8-2)47(53)35-29-23-17-11-5)67-54-42-39-51(57(62)63)45(33-27-21-15-9-3)48(54)36-30-24-18-12-6/h37-42H,7-36H2,1-6H3. The monoisotopic (exact) mass is 966 g/mol. The minimum absolute atomic E-state index is 0.0223. The highest BCUT2D eigenvalue weighted by molar-refractivity contribution is 7.49. The Morgan fingerprint density at radius 2 is 0.544 bits per heavy atom. The lowest BCUT2D eigenvalue weighted by molar-refractivity contribution is -0.385. The molecular formula is C54H84N3O10P. The van der Waals surface area contributed by atoms with Gasteiger partial charge in [0.2, 0.25) is 0 Å².